The van der Waals surface area contributed by atoms with Crippen LogP contribution >= 0.6 is 11.3 Å². The van der Waals surface area contributed by atoms with Crippen molar-refractivity contribution in [2.45, 2.75) is 26.3 Å². The van der Waals surface area contributed by atoms with Gasteiger partial charge in [0, 0.05) is 37.8 Å². The minimum Gasteiger partial charge on any atom is -0.348 e. The van der Waals surface area contributed by atoms with Gasteiger partial charge in [-0.15, -0.1) is 11.3 Å². The van der Waals surface area contributed by atoms with Crippen LogP contribution in [0.25, 0.3) is 0 Å². The Morgan fingerprint density at radius 1 is 1.24 bits per heavy atom. The fraction of sp³-hybridized carbons (Fsp3) is 0.474. The van der Waals surface area contributed by atoms with Crippen molar-refractivity contribution in [3.8, 4) is 0 Å². The zero-order valence-electron chi connectivity index (χ0n) is 14.9. The van der Waals surface area contributed by atoms with Crippen LogP contribution in [0, 0.1) is 0 Å². The molecule has 1 saturated heterocycles. The van der Waals surface area contributed by atoms with E-state index in [9.17, 15) is 4.79 Å². The molecule has 1 fully saturated rings. The first-order chi connectivity index (χ1) is 12.2. The van der Waals surface area contributed by atoms with Gasteiger partial charge in [0.1, 0.15) is 0 Å². The van der Waals surface area contributed by atoms with Crippen LogP contribution in [0.3, 0.4) is 0 Å². The molecule has 1 aromatic carbocycles. The molecule has 1 atom stereocenters. The molecule has 3 rings (SSSR count). The van der Waals surface area contributed by atoms with Crippen LogP contribution in [0.15, 0.2) is 35.8 Å². The third kappa shape index (κ3) is 4.80. The Labute approximate surface area is 153 Å². The van der Waals surface area contributed by atoms with E-state index in [2.05, 4.69) is 51.3 Å². The zero-order valence-corrected chi connectivity index (χ0v) is 15.8. The molecule has 2 aromatic rings. The average molecular weight is 359 g/mol. The Kier molecular flexibility index (Phi) is 6.04. The van der Waals surface area contributed by atoms with Gasteiger partial charge in [-0.3, -0.25) is 9.69 Å². The number of anilines is 1. The van der Waals surface area contributed by atoms with E-state index in [1.807, 2.05) is 18.5 Å². The van der Waals surface area contributed by atoms with Crippen LogP contribution in [0.2, 0.25) is 0 Å². The van der Waals surface area contributed by atoms with Crippen molar-refractivity contribution in [3.05, 3.63) is 47.0 Å². The molecule has 1 aromatic heterocycles. The summed E-state index contributed by atoms with van der Waals surface area (Å²) >= 11 is 1.67. The maximum absolute atomic E-state index is 12.4. The van der Waals surface area contributed by atoms with Crippen molar-refractivity contribution in [1.82, 2.24) is 15.2 Å². The lowest BCUT2D eigenvalue weighted by atomic mass is 10.1. The van der Waals surface area contributed by atoms with Crippen molar-refractivity contribution in [1.29, 1.82) is 0 Å². The molecule has 1 aliphatic heterocycles. The van der Waals surface area contributed by atoms with Gasteiger partial charge in [0.15, 0.2) is 5.13 Å². The monoisotopic (exact) mass is 358 g/mol. The molecule has 2 heterocycles. The second-order valence-corrected chi connectivity index (χ2v) is 7.34. The first-order valence-electron chi connectivity index (χ1n) is 8.90. The van der Waals surface area contributed by atoms with Crippen molar-refractivity contribution >= 4 is 22.4 Å². The van der Waals surface area contributed by atoms with E-state index in [1.54, 1.807) is 11.3 Å². The van der Waals surface area contributed by atoms with E-state index < -0.39 is 0 Å². The predicted octanol–water partition coefficient (Wildman–Crippen LogP) is 2.70. The first kappa shape index (κ1) is 17.9. The molecule has 25 heavy (non-hydrogen) atoms. The van der Waals surface area contributed by atoms with E-state index in [-0.39, 0.29) is 11.9 Å². The van der Waals surface area contributed by atoms with E-state index in [0.29, 0.717) is 6.54 Å². The molecule has 0 aliphatic carbocycles. The Morgan fingerprint density at radius 2 is 1.96 bits per heavy atom. The standard InChI is InChI=1S/C19H26N4OS/c1-3-16-4-6-17(7-5-16)15(2)21-18(24)14-22-9-11-23(12-10-22)19-20-8-13-25-19/h4-8,13,15H,3,9-12,14H2,1-2H3,(H,21,24)/t15-/m0/s1. The molecule has 134 valence electrons. The highest BCUT2D eigenvalue weighted by molar-refractivity contribution is 7.13. The average Bonchev–Trinajstić information content (AvgIpc) is 3.17. The summed E-state index contributed by atoms with van der Waals surface area (Å²) in [5.74, 6) is 0.0924. The number of nitrogens with zero attached hydrogens (tertiary/aromatic N) is 3. The third-order valence-corrected chi connectivity index (χ3v) is 5.53. The summed E-state index contributed by atoms with van der Waals surface area (Å²) in [6.45, 7) is 8.29. The van der Waals surface area contributed by atoms with Crippen LogP contribution in [-0.2, 0) is 11.2 Å². The Morgan fingerprint density at radius 3 is 2.56 bits per heavy atom. The Hall–Kier alpha value is -1.92. The summed E-state index contributed by atoms with van der Waals surface area (Å²) in [5.41, 5.74) is 2.47. The molecule has 1 aliphatic rings. The molecule has 1 amide bonds. The lowest BCUT2D eigenvalue weighted by Gasteiger charge is -2.34. The summed E-state index contributed by atoms with van der Waals surface area (Å²) in [6, 6.07) is 8.52. The number of hydrogen-bond acceptors (Lipinski definition) is 5. The molecule has 0 saturated carbocycles. The molecule has 0 spiro atoms. The Bertz CT molecular complexity index is 663. The zero-order chi connectivity index (χ0) is 17.6. The molecule has 1 N–H and O–H groups in total. The van der Waals surface area contributed by atoms with Crippen LogP contribution < -0.4 is 10.2 Å². The first-order valence-corrected chi connectivity index (χ1v) is 9.78. The van der Waals surface area contributed by atoms with Gasteiger partial charge in [-0.05, 0) is 24.5 Å². The van der Waals surface area contributed by atoms with E-state index in [4.69, 9.17) is 0 Å². The van der Waals surface area contributed by atoms with Gasteiger partial charge in [-0.1, -0.05) is 31.2 Å². The number of piperazine rings is 1. The minimum absolute atomic E-state index is 0.0370. The quantitative estimate of drug-likeness (QED) is 0.863. The second kappa shape index (κ2) is 8.45. The number of nitrogens with one attached hydrogen (secondary N) is 1. The predicted molar refractivity (Wildman–Crippen MR) is 103 cm³/mol. The highest BCUT2D eigenvalue weighted by atomic mass is 32.1. The third-order valence-electron chi connectivity index (χ3n) is 4.69. The van der Waals surface area contributed by atoms with Gasteiger partial charge < -0.3 is 10.2 Å². The van der Waals surface area contributed by atoms with Gasteiger partial charge in [-0.25, -0.2) is 4.98 Å². The molecule has 0 unspecified atom stereocenters. The lowest BCUT2D eigenvalue weighted by molar-refractivity contribution is -0.123. The molecule has 0 radical (unpaired) electrons. The molecular formula is C19H26N4OS. The van der Waals surface area contributed by atoms with Crippen LogP contribution in [-0.4, -0.2) is 48.5 Å². The number of rotatable bonds is 6. The lowest BCUT2D eigenvalue weighted by Crippen LogP contribution is -2.49. The summed E-state index contributed by atoms with van der Waals surface area (Å²) < 4.78 is 0. The highest BCUT2D eigenvalue weighted by Gasteiger charge is 2.21. The molecule has 5 nitrogen and oxygen atoms in total. The van der Waals surface area contributed by atoms with Crippen LogP contribution in [0.1, 0.15) is 31.0 Å². The van der Waals surface area contributed by atoms with Gasteiger partial charge in [0.25, 0.3) is 0 Å². The number of hydrogen-bond donors (Lipinski definition) is 1. The largest absolute Gasteiger partial charge is 0.348 e. The summed E-state index contributed by atoms with van der Waals surface area (Å²) in [4.78, 5) is 21.2. The number of thiazole rings is 1. The Balaban J connectivity index is 1.44. The van der Waals surface area contributed by atoms with Gasteiger partial charge in [0.05, 0.1) is 12.6 Å². The van der Waals surface area contributed by atoms with Crippen molar-refractivity contribution in [2.75, 3.05) is 37.6 Å². The number of amides is 1. The normalized spacial score (nSPS) is 16.6. The molecule has 6 heteroatoms. The number of benzene rings is 1. The van der Waals surface area contributed by atoms with Gasteiger partial charge in [-0.2, -0.15) is 0 Å². The highest BCUT2D eigenvalue weighted by Crippen LogP contribution is 2.19. The fourth-order valence-electron chi connectivity index (χ4n) is 3.08. The van der Waals surface area contributed by atoms with Crippen molar-refractivity contribution in [2.24, 2.45) is 0 Å². The summed E-state index contributed by atoms with van der Waals surface area (Å²) in [7, 11) is 0. The minimum atomic E-state index is 0.0370. The van der Waals surface area contributed by atoms with Gasteiger partial charge in [0.2, 0.25) is 5.91 Å². The maximum atomic E-state index is 12.4. The summed E-state index contributed by atoms with van der Waals surface area (Å²) in [6.07, 6.45) is 2.88. The molecule has 0 bridgehead atoms. The number of carbonyl (C=O) groups is 1. The number of aromatic nitrogens is 1. The molecular weight excluding hydrogens is 332 g/mol. The fourth-order valence-corrected chi connectivity index (χ4v) is 3.78. The van der Waals surface area contributed by atoms with Crippen molar-refractivity contribution in [3.63, 3.8) is 0 Å². The second-order valence-electron chi connectivity index (χ2n) is 6.46. The summed E-state index contributed by atoms with van der Waals surface area (Å²) in [5, 5.41) is 6.20. The van der Waals surface area contributed by atoms with Crippen LogP contribution in [0.5, 0.6) is 0 Å². The van der Waals surface area contributed by atoms with Gasteiger partial charge >= 0.3 is 0 Å². The maximum Gasteiger partial charge on any atom is 0.234 e. The number of carbonyl (C=O) groups excluding carboxylic acids is 1. The van der Waals surface area contributed by atoms with E-state index in [1.165, 1.54) is 5.56 Å². The smallest absolute Gasteiger partial charge is 0.234 e. The van der Waals surface area contributed by atoms with E-state index >= 15 is 0 Å². The SMILES string of the molecule is CCc1ccc([C@H](C)NC(=O)CN2CCN(c3nccs3)CC2)cc1. The topological polar surface area (TPSA) is 48.5 Å². The van der Waals surface area contributed by atoms with Crippen LogP contribution in [0.4, 0.5) is 5.13 Å². The number of aryl methyl sites for hydroxylation is 1. The van der Waals surface area contributed by atoms with Crippen molar-refractivity contribution < 1.29 is 4.79 Å². The van der Waals surface area contributed by atoms with E-state index in [0.717, 1.165) is 43.3 Å².